The Balaban J connectivity index is 2.80. The van der Waals surface area contributed by atoms with E-state index < -0.39 is 8.53 Å². The fraction of sp³-hybridized carbons (Fsp3) is 0.533. The molecule has 0 heterocycles. The first-order valence-corrected chi connectivity index (χ1v) is 8.00. The lowest BCUT2D eigenvalue weighted by Crippen LogP contribution is -2.34. The zero-order valence-corrected chi connectivity index (χ0v) is 13.5. The molecule has 4 nitrogen and oxygen atoms in total. The minimum Gasteiger partial charge on any atom is -0.436 e. The third-order valence-electron chi connectivity index (χ3n) is 2.59. The van der Waals surface area contributed by atoms with E-state index in [0.29, 0.717) is 25.1 Å². The highest BCUT2D eigenvalue weighted by Gasteiger charge is 2.28. The average molecular weight is 294 g/mol. The lowest BCUT2D eigenvalue weighted by Gasteiger charge is -2.35. The van der Waals surface area contributed by atoms with Gasteiger partial charge in [-0.15, -0.1) is 0 Å². The predicted octanol–water partition coefficient (Wildman–Crippen LogP) is 4.34. The van der Waals surface area contributed by atoms with E-state index in [1.54, 1.807) is 0 Å². The molecule has 20 heavy (non-hydrogen) atoms. The Morgan fingerprint density at radius 1 is 1.15 bits per heavy atom. The van der Waals surface area contributed by atoms with Gasteiger partial charge in [0.15, 0.2) is 0 Å². The summed E-state index contributed by atoms with van der Waals surface area (Å²) in [4.78, 5) is 0. The van der Waals surface area contributed by atoms with E-state index in [9.17, 15) is 0 Å². The summed E-state index contributed by atoms with van der Waals surface area (Å²) in [6, 6.07) is 12.4. The van der Waals surface area contributed by atoms with Crippen LogP contribution in [0.25, 0.3) is 0 Å². The van der Waals surface area contributed by atoms with Gasteiger partial charge in [0.1, 0.15) is 5.75 Å². The van der Waals surface area contributed by atoms with Gasteiger partial charge in [0.05, 0.1) is 19.1 Å². The van der Waals surface area contributed by atoms with E-state index in [-0.39, 0.29) is 0 Å². The number of benzene rings is 1. The number of para-hydroxylation sites is 1. The highest BCUT2D eigenvalue weighted by molar-refractivity contribution is 7.45. The summed E-state index contributed by atoms with van der Waals surface area (Å²) in [5.74, 6) is 0.793. The van der Waals surface area contributed by atoms with Crippen molar-refractivity contribution in [3.8, 4) is 11.8 Å². The van der Waals surface area contributed by atoms with Gasteiger partial charge in [-0.3, -0.25) is 0 Å². The molecule has 1 aromatic carbocycles. The van der Waals surface area contributed by atoms with Crippen LogP contribution in [0.15, 0.2) is 30.3 Å². The Labute approximate surface area is 123 Å². The smallest absolute Gasteiger partial charge is 0.321 e. The second-order valence-corrected chi connectivity index (χ2v) is 6.33. The highest BCUT2D eigenvalue weighted by Crippen LogP contribution is 2.46. The van der Waals surface area contributed by atoms with E-state index in [1.165, 1.54) is 0 Å². The van der Waals surface area contributed by atoms with Gasteiger partial charge >= 0.3 is 8.53 Å². The fourth-order valence-corrected chi connectivity index (χ4v) is 3.44. The molecule has 0 bridgehead atoms. The highest BCUT2D eigenvalue weighted by atomic mass is 31.2. The third-order valence-corrected chi connectivity index (χ3v) is 4.66. The van der Waals surface area contributed by atoms with Crippen molar-refractivity contribution in [2.45, 2.75) is 46.2 Å². The summed E-state index contributed by atoms with van der Waals surface area (Å²) in [6.07, 6.45) is 0.376. The summed E-state index contributed by atoms with van der Waals surface area (Å²) >= 11 is 0. The molecule has 0 N–H and O–H groups in total. The van der Waals surface area contributed by atoms with Crippen molar-refractivity contribution in [2.24, 2.45) is 0 Å². The lowest BCUT2D eigenvalue weighted by molar-refractivity contribution is 0.219. The van der Waals surface area contributed by atoms with E-state index >= 15 is 0 Å². The van der Waals surface area contributed by atoms with Gasteiger partial charge in [-0.2, -0.15) is 5.26 Å². The quantitative estimate of drug-likeness (QED) is 0.528. The van der Waals surface area contributed by atoms with Gasteiger partial charge in [-0.25, -0.2) is 4.67 Å². The third kappa shape index (κ3) is 5.46. The Bertz CT molecular complexity index is 410. The first-order chi connectivity index (χ1) is 9.56. The van der Waals surface area contributed by atoms with Crippen LogP contribution in [0, 0.1) is 11.3 Å². The molecule has 1 atom stereocenters. The molecule has 0 amide bonds. The topological polar surface area (TPSA) is 45.5 Å². The van der Waals surface area contributed by atoms with Crippen LogP contribution in [0.4, 0.5) is 0 Å². The summed E-state index contributed by atoms with van der Waals surface area (Å²) in [7, 11) is -1.21. The van der Waals surface area contributed by atoms with Crippen LogP contribution < -0.4 is 4.52 Å². The van der Waals surface area contributed by atoms with Gasteiger partial charge < -0.3 is 9.05 Å². The molecule has 0 aliphatic heterocycles. The summed E-state index contributed by atoms with van der Waals surface area (Å²) < 4.78 is 14.0. The van der Waals surface area contributed by atoms with Crippen LogP contribution in [0.5, 0.6) is 5.75 Å². The zero-order chi connectivity index (χ0) is 15.0. The number of hydrogen-bond donors (Lipinski definition) is 0. The molecule has 0 aromatic heterocycles. The molecule has 1 aromatic rings. The Morgan fingerprint density at radius 2 is 1.75 bits per heavy atom. The molecule has 0 aliphatic rings. The molecular weight excluding hydrogens is 271 g/mol. The van der Waals surface area contributed by atoms with Crippen molar-refractivity contribution < 1.29 is 9.05 Å². The SMILES string of the molecule is CC(C)N(C(C)C)P(OCCC#N)Oc1ccccc1. The number of nitrogens with zero attached hydrogens (tertiary/aromatic N) is 2. The lowest BCUT2D eigenvalue weighted by atomic mass is 10.3. The van der Waals surface area contributed by atoms with Crippen LogP contribution in [0.1, 0.15) is 34.1 Å². The molecule has 0 saturated carbocycles. The Kier molecular flexibility index (Phi) is 7.54. The molecule has 0 fully saturated rings. The van der Waals surface area contributed by atoms with Gasteiger partial charge in [-0.1, -0.05) is 18.2 Å². The van der Waals surface area contributed by atoms with Crippen molar-refractivity contribution in [2.75, 3.05) is 6.61 Å². The summed E-state index contributed by atoms with van der Waals surface area (Å²) in [5.41, 5.74) is 0. The maximum absolute atomic E-state index is 8.65. The molecule has 1 rings (SSSR count). The van der Waals surface area contributed by atoms with E-state index in [2.05, 4.69) is 38.4 Å². The zero-order valence-electron chi connectivity index (χ0n) is 12.6. The van der Waals surface area contributed by atoms with E-state index in [4.69, 9.17) is 14.3 Å². The van der Waals surface area contributed by atoms with Crippen molar-refractivity contribution >= 4 is 8.53 Å². The first kappa shape index (κ1) is 16.9. The van der Waals surface area contributed by atoms with E-state index in [0.717, 1.165) is 5.75 Å². The van der Waals surface area contributed by atoms with Crippen LogP contribution in [-0.4, -0.2) is 23.4 Å². The molecule has 0 radical (unpaired) electrons. The van der Waals surface area contributed by atoms with Crippen molar-refractivity contribution in [1.29, 1.82) is 5.26 Å². The average Bonchev–Trinajstić information content (AvgIpc) is 2.39. The van der Waals surface area contributed by atoms with Crippen molar-refractivity contribution in [3.05, 3.63) is 30.3 Å². The van der Waals surface area contributed by atoms with Crippen LogP contribution in [-0.2, 0) is 4.52 Å². The standard InChI is InChI=1S/C15H23N2O2P/c1-13(2)17(14(3)4)20(18-12-8-11-16)19-15-9-6-5-7-10-15/h5-7,9-10,13-14H,8,12H2,1-4H3. The van der Waals surface area contributed by atoms with Gasteiger partial charge in [0.2, 0.25) is 0 Å². The molecular formula is C15H23N2O2P. The molecule has 0 aliphatic carbocycles. The fourth-order valence-electron chi connectivity index (χ4n) is 1.85. The monoisotopic (exact) mass is 294 g/mol. The normalized spacial score (nSPS) is 12.7. The minimum atomic E-state index is -1.21. The van der Waals surface area contributed by atoms with Gasteiger partial charge in [0.25, 0.3) is 0 Å². The summed E-state index contributed by atoms with van der Waals surface area (Å²) in [6.45, 7) is 8.88. The Hall–Kier alpha value is -1.14. The van der Waals surface area contributed by atoms with Crippen LogP contribution in [0.3, 0.4) is 0 Å². The maximum atomic E-state index is 8.65. The largest absolute Gasteiger partial charge is 0.436 e. The van der Waals surface area contributed by atoms with Gasteiger partial charge in [-0.05, 0) is 39.8 Å². The maximum Gasteiger partial charge on any atom is 0.321 e. The van der Waals surface area contributed by atoms with E-state index in [1.807, 2.05) is 30.3 Å². The minimum absolute atomic E-state index is 0.312. The summed E-state index contributed by atoms with van der Waals surface area (Å²) in [5, 5.41) is 8.65. The molecule has 0 saturated heterocycles. The van der Waals surface area contributed by atoms with Crippen molar-refractivity contribution in [1.82, 2.24) is 4.67 Å². The number of nitriles is 1. The molecule has 110 valence electrons. The molecule has 0 spiro atoms. The first-order valence-electron chi connectivity index (χ1n) is 6.87. The number of hydrogen-bond acceptors (Lipinski definition) is 4. The van der Waals surface area contributed by atoms with Crippen molar-refractivity contribution in [3.63, 3.8) is 0 Å². The second kappa shape index (κ2) is 8.92. The molecule has 5 heteroatoms. The number of rotatable bonds is 8. The van der Waals surface area contributed by atoms with Gasteiger partial charge in [0, 0.05) is 12.1 Å². The Morgan fingerprint density at radius 3 is 2.25 bits per heavy atom. The van der Waals surface area contributed by atoms with Crippen LogP contribution >= 0.6 is 8.53 Å². The predicted molar refractivity (Wildman–Crippen MR) is 82.3 cm³/mol. The second-order valence-electron chi connectivity index (χ2n) is 4.95. The molecule has 1 unspecified atom stereocenters. The van der Waals surface area contributed by atoms with Crippen LogP contribution in [0.2, 0.25) is 0 Å².